The molecule has 2 atom stereocenters. The Morgan fingerprint density at radius 1 is 1.04 bits per heavy atom. The molecule has 0 bridgehead atoms. The first-order valence-electron chi connectivity index (χ1n) is 9.27. The average molecular weight is 390 g/mol. The number of halogens is 3. The lowest BCUT2D eigenvalue weighted by Crippen LogP contribution is -2.53. The van der Waals surface area contributed by atoms with Crippen LogP contribution in [0.2, 0.25) is 0 Å². The van der Waals surface area contributed by atoms with E-state index in [1.807, 2.05) is 48.5 Å². The van der Waals surface area contributed by atoms with Crippen molar-refractivity contribution >= 4 is 6.09 Å². The molecule has 2 aliphatic rings. The maximum Gasteiger partial charge on any atom is 0.409 e. The van der Waals surface area contributed by atoms with Gasteiger partial charge in [0.2, 0.25) is 0 Å². The van der Waals surface area contributed by atoms with Crippen molar-refractivity contribution in [1.29, 1.82) is 0 Å². The molecule has 4 rings (SSSR count). The molecule has 0 radical (unpaired) electrons. The highest BCUT2D eigenvalue weighted by atomic mass is 19.4. The quantitative estimate of drug-likeness (QED) is 0.838. The number of rotatable bonds is 2. The minimum absolute atomic E-state index is 0.0727. The molecule has 7 heteroatoms. The third kappa shape index (κ3) is 3.46. The molecule has 148 valence electrons. The predicted octanol–water partition coefficient (Wildman–Crippen LogP) is 4.15. The maximum absolute atomic E-state index is 13.1. The van der Waals surface area contributed by atoms with E-state index in [4.69, 9.17) is 10.5 Å². The third-order valence-electron chi connectivity index (χ3n) is 5.54. The van der Waals surface area contributed by atoms with E-state index >= 15 is 0 Å². The number of nitrogens with zero attached hydrogens (tertiary/aromatic N) is 1. The van der Waals surface area contributed by atoms with Gasteiger partial charge >= 0.3 is 12.3 Å². The number of hydrogen-bond donors (Lipinski definition) is 1. The minimum Gasteiger partial charge on any atom is -0.448 e. The Bertz CT molecular complexity index is 838. The van der Waals surface area contributed by atoms with Gasteiger partial charge in [0.15, 0.2) is 0 Å². The molecule has 1 fully saturated rings. The first kappa shape index (κ1) is 18.8. The second-order valence-corrected chi connectivity index (χ2v) is 7.44. The molecular formula is C21H21F3N2O2. The van der Waals surface area contributed by atoms with Gasteiger partial charge in [-0.05, 0) is 28.7 Å². The van der Waals surface area contributed by atoms with E-state index < -0.39 is 30.8 Å². The van der Waals surface area contributed by atoms with Crippen LogP contribution in [0.25, 0.3) is 11.1 Å². The summed E-state index contributed by atoms with van der Waals surface area (Å²) >= 11 is 0. The minimum atomic E-state index is -4.38. The Morgan fingerprint density at radius 2 is 1.61 bits per heavy atom. The van der Waals surface area contributed by atoms with Gasteiger partial charge in [-0.1, -0.05) is 48.5 Å². The van der Waals surface area contributed by atoms with E-state index in [1.165, 1.54) is 0 Å². The zero-order chi connectivity index (χ0) is 19.9. The van der Waals surface area contributed by atoms with Crippen molar-refractivity contribution in [2.45, 2.75) is 24.6 Å². The summed E-state index contributed by atoms with van der Waals surface area (Å²) < 4.78 is 44.7. The Labute approximate surface area is 161 Å². The van der Waals surface area contributed by atoms with Crippen molar-refractivity contribution < 1.29 is 22.7 Å². The first-order valence-corrected chi connectivity index (χ1v) is 9.27. The highest BCUT2D eigenvalue weighted by Gasteiger charge is 2.45. The molecule has 2 aromatic rings. The summed E-state index contributed by atoms with van der Waals surface area (Å²) in [6.07, 6.45) is -5.29. The number of piperidine rings is 1. The van der Waals surface area contributed by atoms with Gasteiger partial charge in [-0.3, -0.25) is 0 Å². The zero-order valence-electron chi connectivity index (χ0n) is 15.2. The van der Waals surface area contributed by atoms with Gasteiger partial charge in [0.05, 0.1) is 5.92 Å². The molecule has 0 saturated carbocycles. The topological polar surface area (TPSA) is 55.6 Å². The fourth-order valence-electron chi connectivity index (χ4n) is 4.21. The molecule has 1 saturated heterocycles. The van der Waals surface area contributed by atoms with Crippen LogP contribution in [0.5, 0.6) is 0 Å². The Morgan fingerprint density at radius 3 is 2.18 bits per heavy atom. The van der Waals surface area contributed by atoms with Crippen molar-refractivity contribution in [3.05, 3.63) is 59.7 Å². The number of likely N-dealkylation sites (tertiary alicyclic amines) is 1. The standard InChI is InChI=1S/C21H21F3N2O2/c22-21(23,24)13-9-14(25)11-26(10-13)20(27)28-12-19-17-7-3-1-5-15(17)16-6-2-4-8-18(16)19/h1-8,13-14,19H,9-12,25H2. The van der Waals surface area contributed by atoms with Gasteiger partial charge in [-0.15, -0.1) is 0 Å². The number of alkyl halides is 3. The van der Waals surface area contributed by atoms with Crippen LogP contribution in [-0.4, -0.2) is 42.9 Å². The number of carbonyl (C=O) groups is 1. The van der Waals surface area contributed by atoms with E-state index in [2.05, 4.69) is 0 Å². The molecule has 2 N–H and O–H groups in total. The molecule has 2 aromatic carbocycles. The molecule has 1 heterocycles. The summed E-state index contributed by atoms with van der Waals surface area (Å²) in [6.45, 7) is -0.258. The van der Waals surface area contributed by atoms with Crippen LogP contribution in [0.1, 0.15) is 23.5 Å². The van der Waals surface area contributed by atoms with Crippen molar-refractivity contribution in [3.8, 4) is 11.1 Å². The van der Waals surface area contributed by atoms with E-state index in [0.29, 0.717) is 0 Å². The summed E-state index contributed by atoms with van der Waals surface area (Å²) in [5.41, 5.74) is 10.0. The number of benzene rings is 2. The largest absolute Gasteiger partial charge is 0.448 e. The van der Waals surface area contributed by atoms with Gasteiger partial charge in [0, 0.05) is 25.0 Å². The fourth-order valence-corrected chi connectivity index (χ4v) is 4.21. The summed E-state index contributed by atoms with van der Waals surface area (Å²) in [5, 5.41) is 0. The van der Waals surface area contributed by atoms with Crippen LogP contribution in [0, 0.1) is 5.92 Å². The van der Waals surface area contributed by atoms with Crippen LogP contribution in [0.4, 0.5) is 18.0 Å². The number of fused-ring (bicyclic) bond motifs is 3. The van der Waals surface area contributed by atoms with Gasteiger partial charge in [-0.2, -0.15) is 13.2 Å². The molecule has 0 spiro atoms. The van der Waals surface area contributed by atoms with Crippen LogP contribution in [0.3, 0.4) is 0 Å². The summed E-state index contributed by atoms with van der Waals surface area (Å²) in [4.78, 5) is 13.6. The highest BCUT2D eigenvalue weighted by Crippen LogP contribution is 2.44. The average Bonchev–Trinajstić information content (AvgIpc) is 2.99. The van der Waals surface area contributed by atoms with E-state index in [0.717, 1.165) is 27.2 Å². The molecule has 4 nitrogen and oxygen atoms in total. The number of amides is 1. The second-order valence-electron chi connectivity index (χ2n) is 7.44. The van der Waals surface area contributed by atoms with Gasteiger partial charge in [0.1, 0.15) is 6.61 Å². The molecule has 2 unspecified atom stereocenters. The molecular weight excluding hydrogens is 369 g/mol. The van der Waals surface area contributed by atoms with Crippen molar-refractivity contribution in [3.63, 3.8) is 0 Å². The number of hydrogen-bond acceptors (Lipinski definition) is 3. The normalized spacial score (nSPS) is 21.9. The van der Waals surface area contributed by atoms with Crippen LogP contribution in [-0.2, 0) is 4.74 Å². The third-order valence-corrected chi connectivity index (χ3v) is 5.54. The van der Waals surface area contributed by atoms with Crippen molar-refractivity contribution in [2.24, 2.45) is 11.7 Å². The molecule has 0 aromatic heterocycles. The number of ether oxygens (including phenoxy) is 1. The molecule has 28 heavy (non-hydrogen) atoms. The van der Waals surface area contributed by atoms with Gasteiger partial charge in [-0.25, -0.2) is 4.79 Å². The lowest BCUT2D eigenvalue weighted by atomic mass is 9.94. The van der Waals surface area contributed by atoms with Crippen molar-refractivity contribution in [2.75, 3.05) is 19.7 Å². The smallest absolute Gasteiger partial charge is 0.409 e. The first-order chi connectivity index (χ1) is 13.3. The van der Waals surface area contributed by atoms with E-state index in [9.17, 15) is 18.0 Å². The Kier molecular flexibility index (Phi) is 4.79. The molecule has 1 amide bonds. The zero-order valence-corrected chi connectivity index (χ0v) is 15.2. The van der Waals surface area contributed by atoms with E-state index in [-0.39, 0.29) is 25.5 Å². The summed E-state index contributed by atoms with van der Waals surface area (Å²) in [7, 11) is 0. The molecule has 1 aliphatic carbocycles. The van der Waals surface area contributed by atoms with Gasteiger partial charge in [0.25, 0.3) is 0 Å². The van der Waals surface area contributed by atoms with Crippen LogP contribution in [0.15, 0.2) is 48.5 Å². The predicted molar refractivity (Wildman–Crippen MR) is 98.8 cm³/mol. The lowest BCUT2D eigenvalue weighted by molar-refractivity contribution is -0.186. The van der Waals surface area contributed by atoms with Crippen LogP contribution < -0.4 is 5.73 Å². The Balaban J connectivity index is 1.48. The fraction of sp³-hybridized carbons (Fsp3) is 0.381. The van der Waals surface area contributed by atoms with E-state index in [1.54, 1.807) is 0 Å². The van der Waals surface area contributed by atoms with Crippen molar-refractivity contribution in [1.82, 2.24) is 4.90 Å². The monoisotopic (exact) mass is 390 g/mol. The summed E-state index contributed by atoms with van der Waals surface area (Å²) in [6, 6.07) is 15.1. The van der Waals surface area contributed by atoms with Gasteiger partial charge < -0.3 is 15.4 Å². The maximum atomic E-state index is 13.1. The number of carbonyl (C=O) groups excluding carboxylic acids is 1. The van der Waals surface area contributed by atoms with Crippen LogP contribution >= 0.6 is 0 Å². The summed E-state index contributed by atoms with van der Waals surface area (Å²) in [5.74, 6) is -1.75. The Hall–Kier alpha value is -2.54. The highest BCUT2D eigenvalue weighted by molar-refractivity contribution is 5.79. The lowest BCUT2D eigenvalue weighted by Gasteiger charge is -2.36. The molecule has 1 aliphatic heterocycles. The second kappa shape index (κ2) is 7.13. The SMILES string of the molecule is NC1CC(C(F)(F)F)CN(C(=O)OCC2c3ccccc3-c3ccccc32)C1. The number of nitrogens with two attached hydrogens (primary N) is 1.